The number of hydrogen-bond donors (Lipinski definition) is 2. The summed E-state index contributed by atoms with van der Waals surface area (Å²) < 4.78 is 5.17. The number of rotatable bonds is 5. The molecule has 0 spiro atoms. The Balaban J connectivity index is 2.13. The maximum Gasteiger partial charge on any atom is 0.256 e. The van der Waals surface area contributed by atoms with E-state index in [1.165, 1.54) is 12.5 Å². The van der Waals surface area contributed by atoms with Gasteiger partial charge in [0.15, 0.2) is 11.6 Å². The van der Waals surface area contributed by atoms with E-state index < -0.39 is 0 Å². The molecule has 6 nitrogen and oxygen atoms in total. The zero-order chi connectivity index (χ0) is 13.7. The molecule has 2 aromatic rings. The Kier molecular flexibility index (Phi) is 4.12. The summed E-state index contributed by atoms with van der Waals surface area (Å²) in [6, 6.07) is 3.47. The fraction of sp³-hybridized carbons (Fsp3) is 0.308. The summed E-state index contributed by atoms with van der Waals surface area (Å²) in [6.45, 7) is 2.68. The fourth-order valence-electron chi connectivity index (χ4n) is 1.57. The van der Waals surface area contributed by atoms with E-state index in [9.17, 15) is 4.79 Å². The third kappa shape index (κ3) is 3.09. The first-order valence-corrected chi connectivity index (χ1v) is 6.17. The molecular weight excluding hydrogens is 244 g/mol. The van der Waals surface area contributed by atoms with Crippen LogP contribution < -0.4 is 11.1 Å². The molecule has 1 amide bonds. The quantitative estimate of drug-likeness (QED) is 0.800. The molecule has 2 aromatic heterocycles. The van der Waals surface area contributed by atoms with Crippen molar-refractivity contribution in [2.24, 2.45) is 0 Å². The average Bonchev–Trinajstić information content (AvgIpc) is 2.92. The van der Waals surface area contributed by atoms with Gasteiger partial charge in [0.05, 0.1) is 11.8 Å². The number of nitrogen functional groups attached to an aromatic ring is 1. The molecule has 0 aliphatic rings. The fourth-order valence-corrected chi connectivity index (χ4v) is 1.57. The van der Waals surface area contributed by atoms with Crippen LogP contribution in [0.4, 0.5) is 5.82 Å². The number of carbonyl (C=O) groups is 1. The number of nitrogens with zero attached hydrogens (tertiary/aromatic N) is 2. The zero-order valence-corrected chi connectivity index (χ0v) is 10.7. The van der Waals surface area contributed by atoms with Gasteiger partial charge in [-0.2, -0.15) is 0 Å². The second kappa shape index (κ2) is 5.99. The Hall–Kier alpha value is -2.37. The van der Waals surface area contributed by atoms with E-state index in [0.717, 1.165) is 12.8 Å². The third-order valence-electron chi connectivity index (χ3n) is 2.62. The van der Waals surface area contributed by atoms with Gasteiger partial charge in [-0.1, -0.05) is 13.3 Å². The van der Waals surface area contributed by atoms with Crippen LogP contribution in [0.2, 0.25) is 0 Å². The van der Waals surface area contributed by atoms with Crippen LogP contribution in [0, 0.1) is 0 Å². The molecule has 6 heteroatoms. The van der Waals surface area contributed by atoms with Crippen molar-refractivity contribution >= 4 is 11.7 Å². The lowest BCUT2D eigenvalue weighted by Gasteiger charge is -2.06. The van der Waals surface area contributed by atoms with Gasteiger partial charge >= 0.3 is 0 Å². The first-order valence-electron chi connectivity index (χ1n) is 6.17. The van der Waals surface area contributed by atoms with Gasteiger partial charge in [0.1, 0.15) is 5.82 Å². The number of carbonyl (C=O) groups excluding carboxylic acids is 1. The summed E-state index contributed by atoms with van der Waals surface area (Å²) in [5, 5.41) is 2.77. The molecular formula is C13H16N4O2. The smallest absolute Gasteiger partial charge is 0.256 e. The van der Waals surface area contributed by atoms with Crippen molar-refractivity contribution in [1.29, 1.82) is 0 Å². The highest BCUT2D eigenvalue weighted by molar-refractivity contribution is 5.98. The first-order chi connectivity index (χ1) is 9.22. The van der Waals surface area contributed by atoms with E-state index in [1.807, 2.05) is 0 Å². The van der Waals surface area contributed by atoms with Crippen LogP contribution in [0.25, 0.3) is 11.6 Å². The molecule has 2 heterocycles. The monoisotopic (exact) mass is 260 g/mol. The normalized spacial score (nSPS) is 10.4. The van der Waals surface area contributed by atoms with Crippen molar-refractivity contribution in [3.63, 3.8) is 0 Å². The number of nitrogens with two attached hydrogens (primary N) is 1. The van der Waals surface area contributed by atoms with Gasteiger partial charge in [0.2, 0.25) is 0 Å². The second-order valence-corrected chi connectivity index (χ2v) is 4.08. The van der Waals surface area contributed by atoms with Gasteiger partial charge in [0, 0.05) is 12.7 Å². The van der Waals surface area contributed by atoms with Crippen LogP contribution in [-0.4, -0.2) is 22.4 Å². The van der Waals surface area contributed by atoms with Crippen LogP contribution in [-0.2, 0) is 0 Å². The molecule has 0 saturated heterocycles. The summed E-state index contributed by atoms with van der Waals surface area (Å²) in [7, 11) is 0. The Morgan fingerprint density at radius 2 is 2.37 bits per heavy atom. The summed E-state index contributed by atoms with van der Waals surface area (Å²) >= 11 is 0. The van der Waals surface area contributed by atoms with Gasteiger partial charge < -0.3 is 15.5 Å². The SMILES string of the molecule is CCCCNC(=O)c1cnc(-c2ccco2)nc1N. The standard InChI is InChI=1S/C13H16N4O2/c1-2-3-6-15-13(18)9-8-16-12(17-11(9)14)10-5-4-7-19-10/h4-5,7-8H,2-3,6H2,1H3,(H,15,18)(H2,14,16,17). The summed E-state index contributed by atoms with van der Waals surface area (Å²) in [5.41, 5.74) is 6.06. The highest BCUT2D eigenvalue weighted by Crippen LogP contribution is 2.17. The number of hydrogen-bond acceptors (Lipinski definition) is 5. The van der Waals surface area contributed by atoms with E-state index in [-0.39, 0.29) is 17.3 Å². The van der Waals surface area contributed by atoms with E-state index in [2.05, 4.69) is 22.2 Å². The molecule has 0 saturated carbocycles. The van der Waals surface area contributed by atoms with Gasteiger partial charge in [-0.15, -0.1) is 0 Å². The summed E-state index contributed by atoms with van der Waals surface area (Å²) in [6.07, 6.45) is 4.89. The van der Waals surface area contributed by atoms with Gasteiger partial charge in [-0.25, -0.2) is 9.97 Å². The molecule has 100 valence electrons. The van der Waals surface area contributed by atoms with Crippen molar-refractivity contribution < 1.29 is 9.21 Å². The number of aromatic nitrogens is 2. The van der Waals surface area contributed by atoms with Crippen molar-refractivity contribution in [3.05, 3.63) is 30.2 Å². The van der Waals surface area contributed by atoms with Crippen LogP contribution in [0.3, 0.4) is 0 Å². The van der Waals surface area contributed by atoms with Gasteiger partial charge in [-0.05, 0) is 18.6 Å². The van der Waals surface area contributed by atoms with E-state index in [1.54, 1.807) is 12.1 Å². The minimum atomic E-state index is -0.253. The number of amides is 1. The lowest BCUT2D eigenvalue weighted by molar-refractivity contribution is 0.0953. The van der Waals surface area contributed by atoms with Gasteiger partial charge in [0.25, 0.3) is 5.91 Å². The highest BCUT2D eigenvalue weighted by Gasteiger charge is 2.13. The Morgan fingerprint density at radius 1 is 1.53 bits per heavy atom. The number of furan rings is 1. The van der Waals surface area contributed by atoms with Crippen molar-refractivity contribution in [1.82, 2.24) is 15.3 Å². The lowest BCUT2D eigenvalue weighted by atomic mass is 10.2. The third-order valence-corrected chi connectivity index (χ3v) is 2.62. The Bertz CT molecular complexity index is 552. The zero-order valence-electron chi connectivity index (χ0n) is 10.7. The summed E-state index contributed by atoms with van der Waals surface area (Å²) in [4.78, 5) is 20.0. The molecule has 0 atom stereocenters. The molecule has 2 rings (SSSR count). The number of anilines is 1. The summed E-state index contributed by atoms with van der Waals surface area (Å²) in [5.74, 6) is 0.782. The molecule has 0 aromatic carbocycles. The number of unbranched alkanes of at least 4 members (excludes halogenated alkanes) is 1. The maximum absolute atomic E-state index is 11.8. The lowest BCUT2D eigenvalue weighted by Crippen LogP contribution is -2.25. The largest absolute Gasteiger partial charge is 0.461 e. The topological polar surface area (TPSA) is 94.0 Å². The van der Waals surface area contributed by atoms with Crippen molar-refractivity contribution in [2.75, 3.05) is 12.3 Å². The number of nitrogens with one attached hydrogen (secondary N) is 1. The molecule has 0 fully saturated rings. The minimum Gasteiger partial charge on any atom is -0.461 e. The van der Waals surface area contributed by atoms with Crippen LogP contribution >= 0.6 is 0 Å². The molecule has 19 heavy (non-hydrogen) atoms. The molecule has 0 bridgehead atoms. The maximum atomic E-state index is 11.8. The van der Waals surface area contributed by atoms with Crippen molar-refractivity contribution in [3.8, 4) is 11.6 Å². The molecule has 0 aliphatic carbocycles. The molecule has 0 aliphatic heterocycles. The van der Waals surface area contributed by atoms with Gasteiger partial charge in [-0.3, -0.25) is 4.79 Å². The van der Waals surface area contributed by atoms with Crippen LogP contribution in [0.1, 0.15) is 30.1 Å². The first kappa shape index (κ1) is 13.1. The van der Waals surface area contributed by atoms with Crippen LogP contribution in [0.15, 0.2) is 29.0 Å². The van der Waals surface area contributed by atoms with E-state index in [4.69, 9.17) is 10.2 Å². The van der Waals surface area contributed by atoms with Crippen molar-refractivity contribution in [2.45, 2.75) is 19.8 Å². The Morgan fingerprint density at radius 3 is 3.00 bits per heavy atom. The average molecular weight is 260 g/mol. The van der Waals surface area contributed by atoms with E-state index >= 15 is 0 Å². The Labute approximate surface area is 111 Å². The predicted molar refractivity (Wildman–Crippen MR) is 71.4 cm³/mol. The van der Waals surface area contributed by atoms with Crippen LogP contribution in [0.5, 0.6) is 0 Å². The predicted octanol–water partition coefficient (Wildman–Crippen LogP) is 1.85. The molecule has 0 radical (unpaired) electrons. The molecule has 0 unspecified atom stereocenters. The minimum absolute atomic E-state index is 0.149. The highest BCUT2D eigenvalue weighted by atomic mass is 16.3. The molecule has 3 N–H and O–H groups in total. The van der Waals surface area contributed by atoms with E-state index in [0.29, 0.717) is 18.1 Å². The second-order valence-electron chi connectivity index (χ2n) is 4.08.